The Hall–Kier alpha value is -0.120. The molecule has 1 aliphatic rings. The number of rotatable bonds is 5. The third-order valence-electron chi connectivity index (χ3n) is 3.14. The molecule has 0 radical (unpaired) electrons. The van der Waals surface area contributed by atoms with E-state index in [0.29, 0.717) is 12.6 Å². The van der Waals surface area contributed by atoms with Crippen molar-refractivity contribution in [1.82, 2.24) is 9.80 Å². The molecule has 0 amide bonds. The third-order valence-corrected chi connectivity index (χ3v) is 3.14. The number of aliphatic hydroxyl groups is 1. The van der Waals surface area contributed by atoms with Gasteiger partial charge in [0.25, 0.3) is 0 Å². The second kappa shape index (κ2) is 6.38. The molecule has 0 aromatic heterocycles. The molecule has 0 saturated carbocycles. The fraction of sp³-hybridized carbons (Fsp3) is 1.00. The van der Waals surface area contributed by atoms with E-state index in [0.717, 1.165) is 19.4 Å². The van der Waals surface area contributed by atoms with E-state index < -0.39 is 0 Å². The average Bonchev–Trinajstić information content (AvgIpc) is 2.18. The molecule has 1 fully saturated rings. The number of likely N-dealkylation sites (N-methyl/N-ethyl adjacent to an activating group) is 1. The molecule has 1 heterocycles. The van der Waals surface area contributed by atoms with Gasteiger partial charge in [0, 0.05) is 32.3 Å². The van der Waals surface area contributed by atoms with Gasteiger partial charge in [0.1, 0.15) is 0 Å². The molecule has 0 spiro atoms. The van der Waals surface area contributed by atoms with Crippen LogP contribution in [0.3, 0.4) is 0 Å². The first-order valence-corrected chi connectivity index (χ1v) is 5.85. The van der Waals surface area contributed by atoms with E-state index >= 15 is 0 Å². The van der Waals surface area contributed by atoms with Gasteiger partial charge in [-0.05, 0) is 32.9 Å². The van der Waals surface area contributed by atoms with Crippen molar-refractivity contribution in [2.75, 3.05) is 39.3 Å². The van der Waals surface area contributed by atoms with Crippen LogP contribution in [0.25, 0.3) is 0 Å². The van der Waals surface area contributed by atoms with Crippen LogP contribution >= 0.6 is 0 Å². The Morgan fingerprint density at radius 2 is 2.07 bits per heavy atom. The van der Waals surface area contributed by atoms with Crippen molar-refractivity contribution < 1.29 is 5.11 Å². The Morgan fingerprint density at radius 3 is 2.64 bits per heavy atom. The van der Waals surface area contributed by atoms with Gasteiger partial charge in [-0.25, -0.2) is 0 Å². The monoisotopic (exact) mass is 200 g/mol. The first kappa shape index (κ1) is 12.0. The lowest BCUT2D eigenvalue weighted by Crippen LogP contribution is -2.51. The smallest absolute Gasteiger partial charge is 0.0431 e. The number of piperazine rings is 1. The van der Waals surface area contributed by atoms with Crippen LogP contribution in [0.2, 0.25) is 0 Å². The maximum Gasteiger partial charge on any atom is 0.0431 e. The molecule has 3 heteroatoms. The number of unbranched alkanes of at least 4 members (excludes halogenated alkanes) is 1. The zero-order chi connectivity index (χ0) is 10.4. The van der Waals surface area contributed by atoms with Crippen LogP contribution in [-0.2, 0) is 0 Å². The lowest BCUT2D eigenvalue weighted by Gasteiger charge is -2.39. The molecule has 1 atom stereocenters. The number of nitrogens with zero attached hydrogens (tertiary/aromatic N) is 2. The highest BCUT2D eigenvalue weighted by Crippen LogP contribution is 2.09. The predicted octanol–water partition coefficient (Wildman–Crippen LogP) is 0.785. The Morgan fingerprint density at radius 1 is 1.29 bits per heavy atom. The van der Waals surface area contributed by atoms with Crippen LogP contribution in [0, 0.1) is 0 Å². The second-order valence-corrected chi connectivity index (χ2v) is 4.21. The van der Waals surface area contributed by atoms with Crippen LogP contribution < -0.4 is 0 Å². The minimum Gasteiger partial charge on any atom is -0.396 e. The molecule has 0 aliphatic carbocycles. The van der Waals surface area contributed by atoms with E-state index in [-0.39, 0.29) is 0 Å². The summed E-state index contributed by atoms with van der Waals surface area (Å²) in [5.74, 6) is 0. The van der Waals surface area contributed by atoms with E-state index in [4.69, 9.17) is 5.11 Å². The maximum atomic E-state index is 8.70. The van der Waals surface area contributed by atoms with Gasteiger partial charge in [0.15, 0.2) is 0 Å². The predicted molar refractivity (Wildman–Crippen MR) is 59.5 cm³/mol. The summed E-state index contributed by atoms with van der Waals surface area (Å²) in [7, 11) is 0. The van der Waals surface area contributed by atoms with Gasteiger partial charge in [0.05, 0.1) is 0 Å². The Kier molecular flexibility index (Phi) is 5.45. The zero-order valence-electron chi connectivity index (χ0n) is 9.58. The van der Waals surface area contributed by atoms with Crippen molar-refractivity contribution in [1.29, 1.82) is 0 Å². The molecule has 1 saturated heterocycles. The van der Waals surface area contributed by atoms with E-state index in [1.807, 2.05) is 0 Å². The highest BCUT2D eigenvalue weighted by molar-refractivity contribution is 4.77. The van der Waals surface area contributed by atoms with Crippen LogP contribution in [0.4, 0.5) is 0 Å². The second-order valence-electron chi connectivity index (χ2n) is 4.21. The van der Waals surface area contributed by atoms with Crippen molar-refractivity contribution in [3.63, 3.8) is 0 Å². The fourth-order valence-corrected chi connectivity index (χ4v) is 2.19. The first-order valence-electron chi connectivity index (χ1n) is 5.85. The minimum absolute atomic E-state index is 0.338. The molecule has 0 aromatic rings. The van der Waals surface area contributed by atoms with Gasteiger partial charge in [0.2, 0.25) is 0 Å². The van der Waals surface area contributed by atoms with Crippen molar-refractivity contribution in [3.05, 3.63) is 0 Å². The van der Waals surface area contributed by atoms with Crippen LogP contribution in [0.1, 0.15) is 26.7 Å². The summed E-state index contributed by atoms with van der Waals surface area (Å²) in [6.45, 7) is 10.8. The third kappa shape index (κ3) is 3.56. The van der Waals surface area contributed by atoms with Gasteiger partial charge in [-0.15, -0.1) is 0 Å². The van der Waals surface area contributed by atoms with E-state index in [1.54, 1.807) is 0 Å². The topological polar surface area (TPSA) is 26.7 Å². The van der Waals surface area contributed by atoms with Gasteiger partial charge in [-0.1, -0.05) is 6.92 Å². The lowest BCUT2D eigenvalue weighted by molar-refractivity contribution is 0.0859. The zero-order valence-corrected chi connectivity index (χ0v) is 9.58. The SMILES string of the molecule is CCN1CCN(CCCCO)CC1C. The molecular formula is C11H24N2O. The quantitative estimate of drug-likeness (QED) is 0.665. The maximum absolute atomic E-state index is 8.70. The summed E-state index contributed by atoms with van der Waals surface area (Å²) in [5, 5.41) is 8.70. The number of hydrogen-bond donors (Lipinski definition) is 1. The van der Waals surface area contributed by atoms with Gasteiger partial charge in [-0.2, -0.15) is 0 Å². The van der Waals surface area contributed by atoms with Crippen molar-refractivity contribution in [2.45, 2.75) is 32.7 Å². The minimum atomic E-state index is 0.338. The van der Waals surface area contributed by atoms with Crippen LogP contribution in [0.5, 0.6) is 0 Å². The molecule has 1 N–H and O–H groups in total. The van der Waals surface area contributed by atoms with Crippen LogP contribution in [0.15, 0.2) is 0 Å². The fourth-order valence-electron chi connectivity index (χ4n) is 2.19. The highest BCUT2D eigenvalue weighted by Gasteiger charge is 2.21. The number of hydrogen-bond acceptors (Lipinski definition) is 3. The molecular weight excluding hydrogens is 176 g/mol. The molecule has 1 rings (SSSR count). The molecule has 1 aliphatic heterocycles. The van der Waals surface area contributed by atoms with E-state index in [2.05, 4.69) is 23.6 Å². The molecule has 1 unspecified atom stereocenters. The Labute approximate surface area is 87.7 Å². The summed E-state index contributed by atoms with van der Waals surface area (Å²) in [4.78, 5) is 5.05. The average molecular weight is 200 g/mol. The molecule has 84 valence electrons. The van der Waals surface area contributed by atoms with Gasteiger partial charge >= 0.3 is 0 Å². The van der Waals surface area contributed by atoms with Crippen LogP contribution in [-0.4, -0.2) is 60.3 Å². The summed E-state index contributed by atoms with van der Waals surface area (Å²) < 4.78 is 0. The van der Waals surface area contributed by atoms with E-state index in [9.17, 15) is 0 Å². The normalized spacial score (nSPS) is 25.5. The van der Waals surface area contributed by atoms with Crippen molar-refractivity contribution in [3.8, 4) is 0 Å². The molecule has 0 aromatic carbocycles. The van der Waals surface area contributed by atoms with Gasteiger partial charge < -0.3 is 10.0 Å². The van der Waals surface area contributed by atoms with E-state index in [1.165, 1.54) is 26.2 Å². The largest absolute Gasteiger partial charge is 0.396 e. The highest BCUT2D eigenvalue weighted by atomic mass is 16.2. The summed E-state index contributed by atoms with van der Waals surface area (Å²) in [5.41, 5.74) is 0. The summed E-state index contributed by atoms with van der Waals surface area (Å²) >= 11 is 0. The molecule has 14 heavy (non-hydrogen) atoms. The number of aliphatic hydroxyl groups excluding tert-OH is 1. The Balaban J connectivity index is 2.18. The Bertz CT molecular complexity index is 150. The molecule has 3 nitrogen and oxygen atoms in total. The standard InChI is InChI=1S/C11H24N2O/c1-3-13-8-7-12(10-11(13)2)6-4-5-9-14/h11,14H,3-10H2,1-2H3. The molecule has 0 bridgehead atoms. The van der Waals surface area contributed by atoms with Gasteiger partial charge in [-0.3, -0.25) is 4.90 Å². The van der Waals surface area contributed by atoms with Crippen molar-refractivity contribution in [2.24, 2.45) is 0 Å². The van der Waals surface area contributed by atoms with Crippen molar-refractivity contribution >= 4 is 0 Å². The first-order chi connectivity index (χ1) is 6.77. The summed E-state index contributed by atoms with van der Waals surface area (Å²) in [6, 6.07) is 0.697. The lowest BCUT2D eigenvalue weighted by atomic mass is 10.2. The summed E-state index contributed by atoms with van der Waals surface area (Å²) in [6.07, 6.45) is 2.08.